The predicted octanol–water partition coefficient (Wildman–Crippen LogP) is 1.83. The Morgan fingerprint density at radius 3 is 3.35 bits per heavy atom. The highest BCUT2D eigenvalue weighted by atomic mass is 16.5. The van der Waals surface area contributed by atoms with Crippen LogP contribution in [0, 0.1) is 0 Å². The number of ether oxygens (including phenoxy) is 1. The van der Waals surface area contributed by atoms with Crippen molar-refractivity contribution in [3.8, 4) is 0 Å². The summed E-state index contributed by atoms with van der Waals surface area (Å²) in [5.41, 5.74) is 3.40. The number of benzene rings is 1. The van der Waals surface area contributed by atoms with Gasteiger partial charge in [0.2, 0.25) is 0 Å². The summed E-state index contributed by atoms with van der Waals surface area (Å²) in [6.45, 7) is 2.75. The Morgan fingerprint density at radius 2 is 2.47 bits per heavy atom. The molecule has 90 valence electrons. The highest BCUT2D eigenvalue weighted by Gasteiger charge is 2.14. The summed E-state index contributed by atoms with van der Waals surface area (Å²) < 4.78 is 5.57. The van der Waals surface area contributed by atoms with Crippen molar-refractivity contribution in [1.29, 1.82) is 0 Å². The highest BCUT2D eigenvalue weighted by molar-refractivity contribution is 5.74. The van der Waals surface area contributed by atoms with Crippen LogP contribution < -0.4 is 5.32 Å². The smallest absolute Gasteiger partial charge is 0.0931 e. The zero-order valence-corrected chi connectivity index (χ0v) is 9.78. The second kappa shape index (κ2) is 4.85. The van der Waals surface area contributed by atoms with E-state index in [0.717, 1.165) is 30.7 Å². The van der Waals surface area contributed by atoms with Crippen molar-refractivity contribution in [2.45, 2.75) is 25.5 Å². The molecule has 1 saturated heterocycles. The van der Waals surface area contributed by atoms with Crippen molar-refractivity contribution in [2.75, 3.05) is 13.2 Å². The third-order valence-electron chi connectivity index (χ3n) is 3.21. The maximum atomic E-state index is 5.57. The molecule has 0 bridgehead atoms. The van der Waals surface area contributed by atoms with E-state index < -0.39 is 0 Å². The van der Waals surface area contributed by atoms with Gasteiger partial charge in [-0.1, -0.05) is 6.07 Å². The number of hydrogen-bond donors (Lipinski definition) is 2. The summed E-state index contributed by atoms with van der Waals surface area (Å²) in [7, 11) is 0. The van der Waals surface area contributed by atoms with E-state index in [1.54, 1.807) is 6.33 Å². The zero-order valence-electron chi connectivity index (χ0n) is 9.78. The molecule has 1 unspecified atom stereocenters. The maximum Gasteiger partial charge on any atom is 0.0931 e. The Hall–Kier alpha value is -1.39. The number of hydrogen-bond acceptors (Lipinski definition) is 3. The second-order valence-electron chi connectivity index (χ2n) is 4.52. The molecule has 1 aliphatic rings. The Kier molecular flexibility index (Phi) is 3.07. The Bertz CT molecular complexity index is 488. The molecule has 0 spiro atoms. The van der Waals surface area contributed by atoms with Crippen molar-refractivity contribution in [3.05, 3.63) is 30.1 Å². The molecule has 2 aromatic rings. The topological polar surface area (TPSA) is 49.9 Å². The lowest BCUT2D eigenvalue weighted by Crippen LogP contribution is -2.25. The minimum Gasteiger partial charge on any atom is -0.377 e. The molecular weight excluding hydrogens is 214 g/mol. The van der Waals surface area contributed by atoms with Crippen LogP contribution in [-0.2, 0) is 11.3 Å². The first kappa shape index (κ1) is 10.7. The molecule has 4 heteroatoms. The van der Waals surface area contributed by atoms with Gasteiger partial charge >= 0.3 is 0 Å². The quantitative estimate of drug-likeness (QED) is 0.844. The largest absolute Gasteiger partial charge is 0.377 e. The molecular formula is C13H17N3O. The van der Waals surface area contributed by atoms with Crippen molar-refractivity contribution in [2.24, 2.45) is 0 Å². The number of aromatic nitrogens is 2. The molecule has 0 amide bonds. The average molecular weight is 231 g/mol. The fraction of sp³-hybridized carbons (Fsp3) is 0.462. The first-order valence-corrected chi connectivity index (χ1v) is 6.16. The first-order chi connectivity index (χ1) is 8.42. The average Bonchev–Trinajstić information content (AvgIpc) is 2.98. The molecule has 1 aromatic carbocycles. The number of H-pyrrole nitrogens is 1. The third-order valence-corrected chi connectivity index (χ3v) is 3.21. The van der Waals surface area contributed by atoms with Crippen molar-refractivity contribution in [3.63, 3.8) is 0 Å². The van der Waals surface area contributed by atoms with Crippen molar-refractivity contribution < 1.29 is 4.74 Å². The molecule has 2 heterocycles. The van der Waals surface area contributed by atoms with Crippen molar-refractivity contribution >= 4 is 11.0 Å². The van der Waals surface area contributed by atoms with E-state index in [1.807, 2.05) is 0 Å². The van der Waals surface area contributed by atoms with Crippen LogP contribution in [0.3, 0.4) is 0 Å². The number of imidazole rings is 1. The minimum absolute atomic E-state index is 0.408. The van der Waals surface area contributed by atoms with E-state index >= 15 is 0 Å². The minimum atomic E-state index is 0.408. The van der Waals surface area contributed by atoms with Gasteiger partial charge in [0, 0.05) is 19.7 Å². The first-order valence-electron chi connectivity index (χ1n) is 6.16. The van der Waals surface area contributed by atoms with E-state index in [0.29, 0.717) is 6.10 Å². The van der Waals surface area contributed by atoms with Crippen LogP contribution >= 0.6 is 0 Å². The summed E-state index contributed by atoms with van der Waals surface area (Å²) in [5.74, 6) is 0. The molecule has 1 fully saturated rings. The number of nitrogens with zero attached hydrogens (tertiary/aromatic N) is 1. The lowest BCUT2D eigenvalue weighted by Gasteiger charge is -2.10. The molecule has 2 N–H and O–H groups in total. The fourth-order valence-corrected chi connectivity index (χ4v) is 2.28. The van der Waals surface area contributed by atoms with Gasteiger partial charge in [-0.2, -0.15) is 0 Å². The zero-order chi connectivity index (χ0) is 11.5. The summed E-state index contributed by atoms with van der Waals surface area (Å²) in [6, 6.07) is 6.31. The molecule has 0 saturated carbocycles. The molecule has 1 atom stereocenters. The van der Waals surface area contributed by atoms with Crippen molar-refractivity contribution in [1.82, 2.24) is 15.3 Å². The van der Waals surface area contributed by atoms with Crippen LogP contribution in [0.1, 0.15) is 18.4 Å². The SMILES string of the molecule is c1nc2ccc(CNCC3CCCO3)cc2[nH]1. The van der Waals surface area contributed by atoms with Gasteiger partial charge in [0.25, 0.3) is 0 Å². The number of nitrogens with one attached hydrogen (secondary N) is 2. The number of rotatable bonds is 4. The van der Waals surface area contributed by atoms with Gasteiger partial charge in [-0.25, -0.2) is 4.98 Å². The van der Waals surface area contributed by atoms with Gasteiger partial charge in [-0.3, -0.25) is 0 Å². The van der Waals surface area contributed by atoms with Crippen LogP contribution in [0.5, 0.6) is 0 Å². The summed E-state index contributed by atoms with van der Waals surface area (Å²) in [4.78, 5) is 7.34. The lowest BCUT2D eigenvalue weighted by molar-refractivity contribution is 0.110. The lowest BCUT2D eigenvalue weighted by atomic mass is 10.2. The monoisotopic (exact) mass is 231 g/mol. The Labute approximate surface area is 100 Å². The van der Waals surface area contributed by atoms with Crippen LogP contribution in [-0.4, -0.2) is 29.2 Å². The molecule has 1 aromatic heterocycles. The fourth-order valence-electron chi connectivity index (χ4n) is 2.28. The summed E-state index contributed by atoms with van der Waals surface area (Å²) in [6.07, 6.45) is 4.53. The van der Waals surface area contributed by atoms with E-state index in [9.17, 15) is 0 Å². The number of aromatic amines is 1. The van der Waals surface area contributed by atoms with Crippen LogP contribution in [0.4, 0.5) is 0 Å². The van der Waals surface area contributed by atoms with Gasteiger partial charge in [0.05, 0.1) is 23.5 Å². The van der Waals surface area contributed by atoms with Gasteiger partial charge < -0.3 is 15.0 Å². The third kappa shape index (κ3) is 2.48. The van der Waals surface area contributed by atoms with Crippen LogP contribution in [0.25, 0.3) is 11.0 Å². The number of fused-ring (bicyclic) bond motifs is 1. The molecule has 17 heavy (non-hydrogen) atoms. The molecule has 0 aliphatic carbocycles. The van der Waals surface area contributed by atoms with Crippen LogP contribution in [0.15, 0.2) is 24.5 Å². The molecule has 3 rings (SSSR count). The normalized spacial score (nSPS) is 20.1. The molecule has 4 nitrogen and oxygen atoms in total. The van der Waals surface area contributed by atoms with E-state index in [-0.39, 0.29) is 0 Å². The van der Waals surface area contributed by atoms with Gasteiger partial charge in [-0.15, -0.1) is 0 Å². The van der Waals surface area contributed by atoms with E-state index in [1.165, 1.54) is 18.4 Å². The standard InChI is InChI=1S/C13H17N3O/c1-2-11(17-5-1)8-14-7-10-3-4-12-13(6-10)16-9-15-12/h3-4,6,9,11,14H,1-2,5,7-8H2,(H,15,16). The maximum absolute atomic E-state index is 5.57. The predicted molar refractivity (Wildman–Crippen MR) is 66.8 cm³/mol. The summed E-state index contributed by atoms with van der Waals surface area (Å²) in [5, 5.41) is 3.44. The van der Waals surface area contributed by atoms with Gasteiger partial charge in [-0.05, 0) is 30.5 Å². The van der Waals surface area contributed by atoms with Crippen LogP contribution in [0.2, 0.25) is 0 Å². The highest BCUT2D eigenvalue weighted by Crippen LogP contribution is 2.13. The molecule has 1 aliphatic heterocycles. The van der Waals surface area contributed by atoms with Gasteiger partial charge in [0.15, 0.2) is 0 Å². The Morgan fingerprint density at radius 1 is 1.47 bits per heavy atom. The van der Waals surface area contributed by atoms with E-state index in [2.05, 4.69) is 33.5 Å². The second-order valence-corrected chi connectivity index (χ2v) is 4.52. The summed E-state index contributed by atoms with van der Waals surface area (Å²) >= 11 is 0. The van der Waals surface area contributed by atoms with Gasteiger partial charge in [0.1, 0.15) is 0 Å². The van der Waals surface area contributed by atoms with E-state index in [4.69, 9.17) is 4.74 Å². The Balaban J connectivity index is 1.56. The molecule has 0 radical (unpaired) electrons.